The summed E-state index contributed by atoms with van der Waals surface area (Å²) in [6.45, 7) is 7.21. The van der Waals surface area contributed by atoms with Gasteiger partial charge in [-0.3, -0.25) is 14.7 Å². The molecule has 0 unspecified atom stereocenters. The van der Waals surface area contributed by atoms with Crippen molar-refractivity contribution in [2.75, 3.05) is 39.4 Å². The second-order valence-electron chi connectivity index (χ2n) is 5.15. The summed E-state index contributed by atoms with van der Waals surface area (Å²) in [6.07, 6.45) is 3.36. The molecule has 2 heterocycles. The molecule has 1 aliphatic heterocycles. The molecule has 1 amide bonds. The van der Waals surface area contributed by atoms with Crippen molar-refractivity contribution in [3.8, 4) is 11.8 Å². The van der Waals surface area contributed by atoms with Crippen LogP contribution in [-0.2, 0) is 4.74 Å². The van der Waals surface area contributed by atoms with Gasteiger partial charge in [-0.15, -0.1) is 0 Å². The second-order valence-corrected chi connectivity index (χ2v) is 5.15. The van der Waals surface area contributed by atoms with Crippen molar-refractivity contribution in [1.82, 2.24) is 15.2 Å². The zero-order valence-electron chi connectivity index (χ0n) is 13.1. The van der Waals surface area contributed by atoms with E-state index in [4.69, 9.17) is 4.74 Å². The molecule has 1 aromatic heterocycles. The number of rotatable bonds is 5. The van der Waals surface area contributed by atoms with Crippen molar-refractivity contribution in [2.24, 2.45) is 0 Å². The number of aromatic nitrogens is 1. The summed E-state index contributed by atoms with van der Waals surface area (Å²) in [5.41, 5.74) is 1.25. The van der Waals surface area contributed by atoms with Crippen LogP contribution in [-0.4, -0.2) is 55.2 Å². The van der Waals surface area contributed by atoms with Gasteiger partial charge in [-0.1, -0.05) is 18.8 Å². The Hall–Kier alpha value is -1.90. The van der Waals surface area contributed by atoms with Crippen LogP contribution in [0.4, 0.5) is 0 Å². The normalized spacial score (nSPS) is 15.0. The molecule has 5 nitrogen and oxygen atoms in total. The highest BCUT2D eigenvalue weighted by molar-refractivity contribution is 5.92. The Morgan fingerprint density at radius 3 is 3.05 bits per heavy atom. The van der Waals surface area contributed by atoms with E-state index in [1.807, 2.05) is 13.0 Å². The molecule has 1 N–H and O–H groups in total. The van der Waals surface area contributed by atoms with Crippen LogP contribution in [0.2, 0.25) is 0 Å². The summed E-state index contributed by atoms with van der Waals surface area (Å²) < 4.78 is 5.31. The lowest BCUT2D eigenvalue weighted by molar-refractivity contribution is 0.0374. The largest absolute Gasteiger partial charge is 0.379 e. The first-order valence-electron chi connectivity index (χ1n) is 7.83. The number of amides is 1. The first-order valence-corrected chi connectivity index (χ1v) is 7.83. The summed E-state index contributed by atoms with van der Waals surface area (Å²) in [4.78, 5) is 18.5. The molecule has 0 bridgehead atoms. The van der Waals surface area contributed by atoms with Crippen molar-refractivity contribution < 1.29 is 9.53 Å². The maximum atomic E-state index is 12.1. The van der Waals surface area contributed by atoms with Crippen LogP contribution >= 0.6 is 0 Å². The van der Waals surface area contributed by atoms with Crippen molar-refractivity contribution >= 4 is 5.91 Å². The van der Waals surface area contributed by atoms with Crippen molar-refractivity contribution in [1.29, 1.82) is 0 Å². The predicted molar refractivity (Wildman–Crippen MR) is 85.6 cm³/mol. The van der Waals surface area contributed by atoms with E-state index in [0.717, 1.165) is 51.3 Å². The molecule has 0 saturated carbocycles. The highest BCUT2D eigenvalue weighted by Crippen LogP contribution is 2.01. The fourth-order valence-electron chi connectivity index (χ4n) is 2.24. The maximum Gasteiger partial charge on any atom is 0.269 e. The summed E-state index contributed by atoms with van der Waals surface area (Å²) in [7, 11) is 0. The zero-order valence-corrected chi connectivity index (χ0v) is 13.1. The Morgan fingerprint density at radius 1 is 1.45 bits per heavy atom. The molecular weight excluding hydrogens is 278 g/mol. The number of hydrogen-bond donors (Lipinski definition) is 1. The highest BCUT2D eigenvalue weighted by atomic mass is 16.5. The van der Waals surface area contributed by atoms with Gasteiger partial charge in [0.2, 0.25) is 0 Å². The number of nitrogens with zero attached hydrogens (tertiary/aromatic N) is 2. The van der Waals surface area contributed by atoms with Crippen LogP contribution in [0.1, 0.15) is 35.8 Å². The van der Waals surface area contributed by atoms with Crippen LogP contribution in [0.25, 0.3) is 0 Å². The molecule has 5 heteroatoms. The number of carbonyl (C=O) groups excluding carboxylic acids is 1. The van der Waals surface area contributed by atoms with E-state index in [-0.39, 0.29) is 5.91 Å². The van der Waals surface area contributed by atoms with Crippen molar-refractivity contribution in [3.05, 3.63) is 29.6 Å². The molecule has 0 spiro atoms. The van der Waals surface area contributed by atoms with E-state index in [9.17, 15) is 4.79 Å². The molecule has 2 rings (SSSR count). The second kappa shape index (κ2) is 9.19. The standard InChI is InChI=1S/C17H23N3O2/c1-2-3-5-15-6-8-18-16(14-15)17(21)19-7-4-9-20-10-12-22-13-11-20/h6,8,14H,2,4,7,9-13H2,1H3,(H,19,21). The monoisotopic (exact) mass is 301 g/mol. The molecule has 118 valence electrons. The van der Waals surface area contributed by atoms with E-state index < -0.39 is 0 Å². The number of hydrogen-bond acceptors (Lipinski definition) is 4. The van der Waals surface area contributed by atoms with Crippen molar-refractivity contribution in [2.45, 2.75) is 19.8 Å². The van der Waals surface area contributed by atoms with E-state index in [1.165, 1.54) is 0 Å². The van der Waals surface area contributed by atoms with E-state index in [1.54, 1.807) is 12.3 Å². The van der Waals surface area contributed by atoms with Crippen LogP contribution in [0.5, 0.6) is 0 Å². The molecule has 0 radical (unpaired) electrons. The van der Waals surface area contributed by atoms with Gasteiger partial charge >= 0.3 is 0 Å². The first kappa shape index (κ1) is 16.5. The van der Waals surface area contributed by atoms with E-state index in [2.05, 4.69) is 27.0 Å². The van der Waals surface area contributed by atoms with Crippen LogP contribution in [0, 0.1) is 11.8 Å². The predicted octanol–water partition coefficient (Wildman–Crippen LogP) is 1.30. The molecular formula is C17H23N3O2. The van der Waals surface area contributed by atoms with Crippen LogP contribution < -0.4 is 5.32 Å². The van der Waals surface area contributed by atoms with Gasteiger partial charge in [-0.25, -0.2) is 0 Å². The third-order valence-electron chi connectivity index (χ3n) is 3.44. The van der Waals surface area contributed by atoms with Gasteiger partial charge < -0.3 is 10.1 Å². The number of carbonyl (C=O) groups is 1. The molecule has 1 aromatic rings. The van der Waals surface area contributed by atoms with Crippen LogP contribution in [0.15, 0.2) is 18.3 Å². The van der Waals surface area contributed by atoms with Crippen LogP contribution in [0.3, 0.4) is 0 Å². The number of pyridine rings is 1. The summed E-state index contributed by atoms with van der Waals surface area (Å²) in [6, 6.07) is 3.55. The minimum absolute atomic E-state index is 0.137. The third-order valence-corrected chi connectivity index (χ3v) is 3.44. The lowest BCUT2D eigenvalue weighted by Gasteiger charge is -2.26. The summed E-state index contributed by atoms with van der Waals surface area (Å²) >= 11 is 0. The smallest absolute Gasteiger partial charge is 0.269 e. The Bertz CT molecular complexity index is 542. The average molecular weight is 301 g/mol. The molecule has 0 atom stereocenters. The SMILES string of the molecule is CCC#Cc1ccnc(C(=O)NCCCN2CCOCC2)c1. The molecule has 22 heavy (non-hydrogen) atoms. The van der Waals surface area contributed by atoms with Crippen molar-refractivity contribution in [3.63, 3.8) is 0 Å². The molecule has 0 aromatic carbocycles. The fourth-order valence-corrected chi connectivity index (χ4v) is 2.24. The third kappa shape index (κ3) is 5.47. The molecule has 1 saturated heterocycles. The van der Waals surface area contributed by atoms with Gasteiger partial charge in [0.15, 0.2) is 0 Å². The van der Waals surface area contributed by atoms with E-state index in [0.29, 0.717) is 12.2 Å². The molecule has 1 aliphatic rings. The number of morpholine rings is 1. The Kier molecular flexibility index (Phi) is 6.88. The number of nitrogens with one attached hydrogen (secondary N) is 1. The fraction of sp³-hybridized carbons (Fsp3) is 0.529. The molecule has 0 aliphatic carbocycles. The minimum atomic E-state index is -0.137. The van der Waals surface area contributed by atoms with Gasteiger partial charge in [-0.2, -0.15) is 0 Å². The van der Waals surface area contributed by atoms with E-state index >= 15 is 0 Å². The van der Waals surface area contributed by atoms with Gasteiger partial charge in [0.1, 0.15) is 5.69 Å². The lowest BCUT2D eigenvalue weighted by atomic mass is 10.2. The Morgan fingerprint density at radius 2 is 2.27 bits per heavy atom. The lowest BCUT2D eigenvalue weighted by Crippen LogP contribution is -2.38. The maximum absolute atomic E-state index is 12.1. The first-order chi connectivity index (χ1) is 10.8. The summed E-state index contributed by atoms with van der Waals surface area (Å²) in [5.74, 6) is 5.87. The summed E-state index contributed by atoms with van der Waals surface area (Å²) in [5, 5.41) is 2.91. The average Bonchev–Trinajstić information content (AvgIpc) is 2.58. The Balaban J connectivity index is 1.74. The minimum Gasteiger partial charge on any atom is -0.379 e. The van der Waals surface area contributed by atoms with Gasteiger partial charge in [0.05, 0.1) is 13.2 Å². The topological polar surface area (TPSA) is 54.5 Å². The highest BCUT2D eigenvalue weighted by Gasteiger charge is 2.10. The zero-order chi connectivity index (χ0) is 15.6. The quantitative estimate of drug-likeness (QED) is 0.658. The molecule has 1 fully saturated rings. The van der Waals surface area contributed by atoms with Gasteiger partial charge in [-0.05, 0) is 25.1 Å². The number of ether oxygens (including phenoxy) is 1. The van der Waals surface area contributed by atoms with Gasteiger partial charge in [0.25, 0.3) is 5.91 Å². The Labute approximate surface area is 132 Å². The van der Waals surface area contributed by atoms with Gasteiger partial charge in [0, 0.05) is 37.8 Å².